The SMILES string of the molecule is CC[C@H](N)C(=O)NCc1cccc(Br)c1. The lowest BCUT2D eigenvalue weighted by Crippen LogP contribution is -2.39. The first-order chi connectivity index (χ1) is 7.13. The lowest BCUT2D eigenvalue weighted by atomic mass is 10.2. The number of amides is 1. The second-order valence-corrected chi connectivity index (χ2v) is 4.28. The number of carbonyl (C=O) groups excluding carboxylic acids is 1. The third-order valence-electron chi connectivity index (χ3n) is 2.13. The molecule has 0 bridgehead atoms. The van der Waals surface area contributed by atoms with Crippen LogP contribution in [0.3, 0.4) is 0 Å². The largest absolute Gasteiger partial charge is 0.351 e. The van der Waals surface area contributed by atoms with E-state index in [9.17, 15) is 4.79 Å². The number of benzene rings is 1. The fourth-order valence-corrected chi connectivity index (χ4v) is 1.60. The van der Waals surface area contributed by atoms with Gasteiger partial charge < -0.3 is 11.1 Å². The highest BCUT2D eigenvalue weighted by atomic mass is 79.9. The molecule has 0 spiro atoms. The standard InChI is InChI=1S/C11H15BrN2O/c1-2-10(13)11(15)14-7-8-4-3-5-9(12)6-8/h3-6,10H,2,7,13H2,1H3,(H,14,15)/t10-/m0/s1. The average molecular weight is 271 g/mol. The minimum Gasteiger partial charge on any atom is -0.351 e. The van der Waals surface area contributed by atoms with Crippen LogP contribution in [-0.4, -0.2) is 11.9 Å². The van der Waals surface area contributed by atoms with Gasteiger partial charge in [-0.25, -0.2) is 0 Å². The van der Waals surface area contributed by atoms with Crippen LogP contribution in [0, 0.1) is 0 Å². The van der Waals surface area contributed by atoms with Crippen LogP contribution in [0.4, 0.5) is 0 Å². The Bertz CT molecular complexity index is 341. The monoisotopic (exact) mass is 270 g/mol. The molecule has 3 N–H and O–H groups in total. The van der Waals surface area contributed by atoms with Crippen LogP contribution >= 0.6 is 15.9 Å². The maximum atomic E-state index is 11.4. The van der Waals surface area contributed by atoms with Crippen molar-refractivity contribution in [3.05, 3.63) is 34.3 Å². The van der Waals surface area contributed by atoms with E-state index in [4.69, 9.17) is 5.73 Å². The van der Waals surface area contributed by atoms with Gasteiger partial charge in [0.15, 0.2) is 0 Å². The van der Waals surface area contributed by atoms with Crippen molar-refractivity contribution in [2.45, 2.75) is 25.9 Å². The number of nitrogens with two attached hydrogens (primary N) is 1. The Balaban J connectivity index is 2.47. The molecular formula is C11H15BrN2O. The van der Waals surface area contributed by atoms with Crippen LogP contribution in [0.2, 0.25) is 0 Å². The smallest absolute Gasteiger partial charge is 0.237 e. The second-order valence-electron chi connectivity index (χ2n) is 3.36. The highest BCUT2D eigenvalue weighted by Crippen LogP contribution is 2.11. The molecule has 0 unspecified atom stereocenters. The summed E-state index contributed by atoms with van der Waals surface area (Å²) in [5.74, 6) is -0.0996. The third-order valence-corrected chi connectivity index (χ3v) is 2.63. The molecule has 82 valence electrons. The van der Waals surface area contributed by atoms with Gasteiger partial charge in [0, 0.05) is 11.0 Å². The zero-order valence-electron chi connectivity index (χ0n) is 8.66. The zero-order chi connectivity index (χ0) is 11.3. The summed E-state index contributed by atoms with van der Waals surface area (Å²) in [5, 5.41) is 2.79. The Labute approximate surface area is 98.2 Å². The summed E-state index contributed by atoms with van der Waals surface area (Å²) in [5.41, 5.74) is 6.65. The van der Waals surface area contributed by atoms with Gasteiger partial charge in [-0.1, -0.05) is 35.0 Å². The number of rotatable bonds is 4. The molecule has 1 atom stereocenters. The van der Waals surface area contributed by atoms with Crippen molar-refractivity contribution in [3.8, 4) is 0 Å². The van der Waals surface area contributed by atoms with E-state index in [2.05, 4.69) is 21.2 Å². The zero-order valence-corrected chi connectivity index (χ0v) is 10.3. The summed E-state index contributed by atoms with van der Waals surface area (Å²) in [7, 11) is 0. The van der Waals surface area contributed by atoms with E-state index in [1.54, 1.807) is 0 Å². The molecular weight excluding hydrogens is 256 g/mol. The fourth-order valence-electron chi connectivity index (χ4n) is 1.15. The van der Waals surface area contributed by atoms with Gasteiger partial charge >= 0.3 is 0 Å². The van der Waals surface area contributed by atoms with E-state index < -0.39 is 6.04 Å². The summed E-state index contributed by atoms with van der Waals surface area (Å²) < 4.78 is 1.01. The Kier molecular flexibility index (Phi) is 4.78. The van der Waals surface area contributed by atoms with Gasteiger partial charge in [-0.15, -0.1) is 0 Å². The molecule has 1 aromatic carbocycles. The maximum absolute atomic E-state index is 11.4. The molecule has 0 saturated heterocycles. The molecule has 4 heteroatoms. The van der Waals surface area contributed by atoms with Crippen molar-refractivity contribution >= 4 is 21.8 Å². The average Bonchev–Trinajstić information content (AvgIpc) is 2.25. The summed E-state index contributed by atoms with van der Waals surface area (Å²) >= 11 is 3.37. The topological polar surface area (TPSA) is 55.1 Å². The van der Waals surface area contributed by atoms with Gasteiger partial charge in [0.25, 0.3) is 0 Å². The first kappa shape index (κ1) is 12.2. The lowest BCUT2D eigenvalue weighted by molar-refractivity contribution is -0.122. The first-order valence-electron chi connectivity index (χ1n) is 4.91. The van der Waals surface area contributed by atoms with Crippen LogP contribution in [0.5, 0.6) is 0 Å². The number of carbonyl (C=O) groups is 1. The van der Waals surface area contributed by atoms with Gasteiger partial charge in [-0.2, -0.15) is 0 Å². The molecule has 15 heavy (non-hydrogen) atoms. The quantitative estimate of drug-likeness (QED) is 0.877. The highest BCUT2D eigenvalue weighted by molar-refractivity contribution is 9.10. The van der Waals surface area contributed by atoms with Crippen molar-refractivity contribution < 1.29 is 4.79 Å². The predicted octanol–water partition coefficient (Wildman–Crippen LogP) is 1.80. The van der Waals surface area contributed by atoms with E-state index in [1.807, 2.05) is 31.2 Å². The van der Waals surface area contributed by atoms with Gasteiger partial charge in [-0.05, 0) is 24.1 Å². The summed E-state index contributed by atoms with van der Waals surface area (Å²) in [6, 6.07) is 7.41. The molecule has 0 fully saturated rings. The highest BCUT2D eigenvalue weighted by Gasteiger charge is 2.09. The Hall–Kier alpha value is -0.870. The maximum Gasteiger partial charge on any atom is 0.237 e. The molecule has 0 saturated carbocycles. The van der Waals surface area contributed by atoms with Crippen LogP contribution < -0.4 is 11.1 Å². The molecule has 0 aromatic heterocycles. The van der Waals surface area contributed by atoms with Crippen molar-refractivity contribution in [1.29, 1.82) is 0 Å². The van der Waals surface area contributed by atoms with Gasteiger partial charge in [-0.3, -0.25) is 4.79 Å². The van der Waals surface area contributed by atoms with E-state index in [0.29, 0.717) is 13.0 Å². The lowest BCUT2D eigenvalue weighted by Gasteiger charge is -2.09. The Morgan fingerprint density at radius 3 is 2.93 bits per heavy atom. The van der Waals surface area contributed by atoms with Crippen LogP contribution in [-0.2, 0) is 11.3 Å². The minimum absolute atomic E-state index is 0.0996. The summed E-state index contributed by atoms with van der Waals surface area (Å²) in [4.78, 5) is 11.4. The molecule has 0 heterocycles. The molecule has 0 aliphatic heterocycles. The Morgan fingerprint density at radius 2 is 2.33 bits per heavy atom. The molecule has 1 aromatic rings. The molecule has 0 radical (unpaired) electrons. The molecule has 1 amide bonds. The van der Waals surface area contributed by atoms with Crippen molar-refractivity contribution in [1.82, 2.24) is 5.32 Å². The van der Waals surface area contributed by atoms with Gasteiger partial charge in [0.2, 0.25) is 5.91 Å². The molecule has 0 aliphatic carbocycles. The summed E-state index contributed by atoms with van der Waals surface area (Å²) in [6.07, 6.45) is 0.657. The van der Waals surface area contributed by atoms with Crippen LogP contribution in [0.1, 0.15) is 18.9 Å². The van der Waals surface area contributed by atoms with E-state index in [1.165, 1.54) is 0 Å². The van der Waals surface area contributed by atoms with Gasteiger partial charge in [0.1, 0.15) is 0 Å². The van der Waals surface area contributed by atoms with E-state index in [-0.39, 0.29) is 5.91 Å². The van der Waals surface area contributed by atoms with Crippen LogP contribution in [0.25, 0.3) is 0 Å². The number of nitrogens with one attached hydrogen (secondary N) is 1. The molecule has 3 nitrogen and oxygen atoms in total. The van der Waals surface area contributed by atoms with Crippen LogP contribution in [0.15, 0.2) is 28.7 Å². The number of hydrogen-bond donors (Lipinski definition) is 2. The third kappa shape index (κ3) is 4.01. The minimum atomic E-state index is -0.405. The number of hydrogen-bond acceptors (Lipinski definition) is 2. The van der Waals surface area contributed by atoms with Crippen molar-refractivity contribution in [3.63, 3.8) is 0 Å². The van der Waals surface area contributed by atoms with Crippen molar-refractivity contribution in [2.24, 2.45) is 5.73 Å². The molecule has 0 aliphatic rings. The second kappa shape index (κ2) is 5.88. The first-order valence-corrected chi connectivity index (χ1v) is 5.70. The van der Waals surface area contributed by atoms with E-state index in [0.717, 1.165) is 10.0 Å². The number of halogens is 1. The normalized spacial score (nSPS) is 12.2. The fraction of sp³-hybridized carbons (Fsp3) is 0.364. The molecule has 1 rings (SSSR count). The Morgan fingerprint density at radius 1 is 1.60 bits per heavy atom. The predicted molar refractivity (Wildman–Crippen MR) is 64.3 cm³/mol. The van der Waals surface area contributed by atoms with E-state index >= 15 is 0 Å². The summed E-state index contributed by atoms with van der Waals surface area (Å²) in [6.45, 7) is 2.41. The van der Waals surface area contributed by atoms with Gasteiger partial charge in [0.05, 0.1) is 6.04 Å². The van der Waals surface area contributed by atoms with Crippen molar-refractivity contribution in [2.75, 3.05) is 0 Å².